The average molecular weight is 286 g/mol. The van der Waals surface area contributed by atoms with Crippen LogP contribution in [-0.4, -0.2) is 57.2 Å². The van der Waals surface area contributed by atoms with Gasteiger partial charge in [0.2, 0.25) is 5.91 Å². The molecule has 6 nitrogen and oxygen atoms in total. The highest BCUT2D eigenvalue weighted by Gasteiger charge is 2.23. The second-order valence-corrected chi connectivity index (χ2v) is 5.36. The van der Waals surface area contributed by atoms with Crippen LogP contribution < -0.4 is 0 Å². The predicted octanol–water partition coefficient (Wildman–Crippen LogP) is 0.947. The zero-order chi connectivity index (χ0) is 15.0. The fraction of sp³-hybridized carbons (Fsp3) is 0.400. The fourth-order valence-corrected chi connectivity index (χ4v) is 2.65. The van der Waals surface area contributed by atoms with E-state index in [-0.39, 0.29) is 11.8 Å². The Hall–Kier alpha value is -2.37. The molecule has 21 heavy (non-hydrogen) atoms. The molecular weight excluding hydrogens is 268 g/mol. The minimum absolute atomic E-state index is 0.00125. The largest absolute Gasteiger partial charge is 0.339 e. The maximum absolute atomic E-state index is 12.5. The standard InChI is InChI=1S/C15H18N4O2/c1-11-10-19-4-3-13(9-14(19)16-11)15(21)18-7-5-17(6-8-18)12(2)20/h3-4,9-10H,5-8H2,1-2H3. The molecular formula is C15H18N4O2. The van der Waals surface area contributed by atoms with Gasteiger partial charge in [0, 0.05) is 51.1 Å². The third kappa shape index (κ3) is 2.61. The van der Waals surface area contributed by atoms with Crippen LogP contribution in [0.3, 0.4) is 0 Å². The summed E-state index contributed by atoms with van der Waals surface area (Å²) in [5, 5.41) is 0. The molecule has 0 atom stereocenters. The quantitative estimate of drug-likeness (QED) is 0.784. The molecule has 0 aromatic carbocycles. The van der Waals surface area contributed by atoms with Gasteiger partial charge in [0.1, 0.15) is 5.65 Å². The van der Waals surface area contributed by atoms with Crippen molar-refractivity contribution in [1.29, 1.82) is 0 Å². The number of pyridine rings is 1. The highest BCUT2D eigenvalue weighted by molar-refractivity contribution is 5.95. The van der Waals surface area contributed by atoms with Crippen LogP contribution in [0, 0.1) is 6.92 Å². The molecule has 2 amide bonds. The van der Waals surface area contributed by atoms with Crippen LogP contribution in [0.2, 0.25) is 0 Å². The summed E-state index contributed by atoms with van der Waals surface area (Å²) in [4.78, 5) is 31.8. The van der Waals surface area contributed by atoms with Crippen LogP contribution in [0.15, 0.2) is 24.5 Å². The van der Waals surface area contributed by atoms with Crippen molar-refractivity contribution < 1.29 is 9.59 Å². The van der Waals surface area contributed by atoms with Gasteiger partial charge in [0.25, 0.3) is 5.91 Å². The number of carbonyl (C=O) groups is 2. The maximum atomic E-state index is 12.5. The van der Waals surface area contributed by atoms with Crippen LogP contribution in [-0.2, 0) is 4.79 Å². The van der Waals surface area contributed by atoms with Crippen molar-refractivity contribution in [2.24, 2.45) is 0 Å². The number of aromatic nitrogens is 2. The number of imidazole rings is 1. The number of carbonyl (C=O) groups excluding carboxylic acids is 2. The van der Waals surface area contributed by atoms with Crippen molar-refractivity contribution in [3.05, 3.63) is 35.8 Å². The first kappa shape index (κ1) is 13.6. The molecule has 3 heterocycles. The Labute approximate surface area is 123 Å². The Morgan fingerprint density at radius 1 is 1.14 bits per heavy atom. The molecule has 6 heteroatoms. The van der Waals surface area contributed by atoms with E-state index in [0.717, 1.165) is 11.3 Å². The van der Waals surface area contributed by atoms with Crippen LogP contribution in [0.5, 0.6) is 0 Å². The van der Waals surface area contributed by atoms with Crippen LogP contribution in [0.1, 0.15) is 23.0 Å². The van der Waals surface area contributed by atoms with E-state index in [9.17, 15) is 9.59 Å². The van der Waals surface area contributed by atoms with Gasteiger partial charge in [0.05, 0.1) is 5.69 Å². The Kier molecular flexibility index (Phi) is 3.37. The first-order valence-electron chi connectivity index (χ1n) is 7.05. The summed E-state index contributed by atoms with van der Waals surface area (Å²) in [6, 6.07) is 3.63. The summed E-state index contributed by atoms with van der Waals surface area (Å²) in [7, 11) is 0. The van der Waals surface area contributed by atoms with Crippen molar-refractivity contribution in [2.75, 3.05) is 26.2 Å². The van der Waals surface area contributed by atoms with E-state index in [4.69, 9.17) is 0 Å². The number of piperazine rings is 1. The molecule has 1 fully saturated rings. The number of fused-ring (bicyclic) bond motifs is 1. The lowest BCUT2D eigenvalue weighted by molar-refractivity contribution is -0.130. The van der Waals surface area contributed by atoms with E-state index in [2.05, 4.69) is 4.98 Å². The summed E-state index contributed by atoms with van der Waals surface area (Å²) in [5.74, 6) is 0.0673. The zero-order valence-electron chi connectivity index (χ0n) is 12.2. The number of aryl methyl sites for hydroxylation is 1. The van der Waals surface area contributed by atoms with E-state index in [1.54, 1.807) is 16.7 Å². The normalized spacial score (nSPS) is 15.5. The van der Waals surface area contributed by atoms with Gasteiger partial charge >= 0.3 is 0 Å². The molecule has 0 aliphatic carbocycles. The Bertz CT molecular complexity index is 699. The van der Waals surface area contributed by atoms with Crippen molar-refractivity contribution >= 4 is 17.5 Å². The zero-order valence-corrected chi connectivity index (χ0v) is 12.2. The molecule has 0 saturated carbocycles. The first-order valence-corrected chi connectivity index (χ1v) is 7.05. The summed E-state index contributed by atoms with van der Waals surface area (Å²) in [5.41, 5.74) is 2.35. The highest BCUT2D eigenvalue weighted by atomic mass is 16.2. The topological polar surface area (TPSA) is 57.9 Å². The van der Waals surface area contributed by atoms with Crippen molar-refractivity contribution in [1.82, 2.24) is 19.2 Å². The molecule has 0 bridgehead atoms. The molecule has 0 N–H and O–H groups in total. The molecule has 110 valence electrons. The molecule has 1 aliphatic heterocycles. The Morgan fingerprint density at radius 3 is 2.48 bits per heavy atom. The smallest absolute Gasteiger partial charge is 0.254 e. The second-order valence-electron chi connectivity index (χ2n) is 5.36. The lowest BCUT2D eigenvalue weighted by Gasteiger charge is -2.34. The van der Waals surface area contributed by atoms with Gasteiger partial charge in [-0.3, -0.25) is 9.59 Å². The summed E-state index contributed by atoms with van der Waals surface area (Å²) in [6.45, 7) is 5.85. The van der Waals surface area contributed by atoms with E-state index < -0.39 is 0 Å². The van der Waals surface area contributed by atoms with Gasteiger partial charge in [-0.2, -0.15) is 0 Å². The summed E-state index contributed by atoms with van der Waals surface area (Å²) < 4.78 is 1.90. The second kappa shape index (κ2) is 5.20. The fourth-order valence-electron chi connectivity index (χ4n) is 2.65. The number of hydrogen-bond acceptors (Lipinski definition) is 3. The monoisotopic (exact) mass is 286 g/mol. The molecule has 0 unspecified atom stereocenters. The average Bonchev–Trinajstić information content (AvgIpc) is 2.85. The number of hydrogen-bond donors (Lipinski definition) is 0. The van der Waals surface area contributed by atoms with Gasteiger partial charge in [-0.15, -0.1) is 0 Å². The molecule has 0 spiro atoms. The van der Waals surface area contributed by atoms with E-state index >= 15 is 0 Å². The van der Waals surface area contributed by atoms with Crippen LogP contribution in [0.4, 0.5) is 0 Å². The minimum atomic E-state index is 0.00125. The Balaban J connectivity index is 1.76. The minimum Gasteiger partial charge on any atom is -0.339 e. The SMILES string of the molecule is CC(=O)N1CCN(C(=O)c2ccn3cc(C)nc3c2)CC1. The van der Waals surface area contributed by atoms with Gasteiger partial charge in [-0.1, -0.05) is 0 Å². The van der Waals surface area contributed by atoms with E-state index in [1.165, 1.54) is 0 Å². The summed E-state index contributed by atoms with van der Waals surface area (Å²) in [6.07, 6.45) is 3.78. The lowest BCUT2D eigenvalue weighted by atomic mass is 10.2. The van der Waals surface area contributed by atoms with Crippen molar-refractivity contribution in [2.45, 2.75) is 13.8 Å². The molecule has 2 aromatic rings. The highest BCUT2D eigenvalue weighted by Crippen LogP contribution is 2.12. The number of nitrogens with zero attached hydrogens (tertiary/aromatic N) is 4. The third-order valence-corrected chi connectivity index (χ3v) is 3.84. The van der Waals surface area contributed by atoms with Gasteiger partial charge in [-0.25, -0.2) is 4.98 Å². The van der Waals surface area contributed by atoms with Crippen LogP contribution in [0.25, 0.3) is 5.65 Å². The number of rotatable bonds is 1. The third-order valence-electron chi connectivity index (χ3n) is 3.84. The van der Waals surface area contributed by atoms with E-state index in [0.29, 0.717) is 31.7 Å². The molecule has 1 saturated heterocycles. The first-order chi connectivity index (χ1) is 10.0. The van der Waals surface area contributed by atoms with E-state index in [1.807, 2.05) is 35.9 Å². The summed E-state index contributed by atoms with van der Waals surface area (Å²) >= 11 is 0. The predicted molar refractivity (Wildman–Crippen MR) is 78.1 cm³/mol. The lowest BCUT2D eigenvalue weighted by Crippen LogP contribution is -2.50. The van der Waals surface area contributed by atoms with Crippen molar-refractivity contribution in [3.63, 3.8) is 0 Å². The van der Waals surface area contributed by atoms with Gasteiger partial charge < -0.3 is 14.2 Å². The van der Waals surface area contributed by atoms with Gasteiger partial charge in [-0.05, 0) is 19.1 Å². The van der Waals surface area contributed by atoms with Crippen molar-refractivity contribution in [3.8, 4) is 0 Å². The molecule has 0 radical (unpaired) electrons. The van der Waals surface area contributed by atoms with Gasteiger partial charge in [0.15, 0.2) is 0 Å². The molecule has 3 rings (SSSR count). The molecule has 2 aromatic heterocycles. The van der Waals surface area contributed by atoms with Crippen LogP contribution >= 0.6 is 0 Å². The Morgan fingerprint density at radius 2 is 1.81 bits per heavy atom. The number of amides is 2. The maximum Gasteiger partial charge on any atom is 0.254 e. The molecule has 1 aliphatic rings.